The van der Waals surface area contributed by atoms with Gasteiger partial charge in [-0.05, 0) is 17.8 Å². The zero-order valence-corrected chi connectivity index (χ0v) is 12.4. The van der Waals surface area contributed by atoms with Crippen LogP contribution in [0.1, 0.15) is 40.5 Å². The van der Waals surface area contributed by atoms with Gasteiger partial charge < -0.3 is 9.64 Å². The molecule has 2 aliphatic heterocycles. The first-order valence-corrected chi connectivity index (χ1v) is 7.35. The molecule has 2 aliphatic rings. The highest BCUT2D eigenvalue weighted by atomic mass is 16.5. The maximum Gasteiger partial charge on any atom is 0.306 e. The predicted molar refractivity (Wildman–Crippen MR) is 72.4 cm³/mol. The summed E-state index contributed by atoms with van der Waals surface area (Å²) in [5.41, 5.74) is 0. The lowest BCUT2D eigenvalue weighted by atomic mass is 9.74. The van der Waals surface area contributed by atoms with Crippen LogP contribution in [0, 0.1) is 23.7 Å². The molecule has 2 rings (SSSR count). The summed E-state index contributed by atoms with van der Waals surface area (Å²) in [5.74, 6) is 1.84. The third-order valence-corrected chi connectivity index (χ3v) is 4.46. The summed E-state index contributed by atoms with van der Waals surface area (Å²) < 4.78 is 4.92. The highest BCUT2D eigenvalue weighted by Gasteiger charge is 2.45. The minimum atomic E-state index is -0.165. The van der Waals surface area contributed by atoms with Crippen LogP contribution in [0.5, 0.6) is 0 Å². The summed E-state index contributed by atoms with van der Waals surface area (Å²) >= 11 is 0. The third kappa shape index (κ3) is 2.93. The molecule has 2 heterocycles. The quantitative estimate of drug-likeness (QED) is 0.733. The van der Waals surface area contributed by atoms with E-state index in [2.05, 4.69) is 27.7 Å². The highest BCUT2D eigenvalue weighted by molar-refractivity contribution is 5.79. The smallest absolute Gasteiger partial charge is 0.306 e. The van der Waals surface area contributed by atoms with Crippen LogP contribution in [0.2, 0.25) is 0 Å². The second-order valence-electron chi connectivity index (χ2n) is 6.65. The molecule has 0 bridgehead atoms. The fourth-order valence-corrected chi connectivity index (χ4v) is 3.34. The average Bonchev–Trinajstić information content (AvgIpc) is 2.60. The van der Waals surface area contributed by atoms with Crippen molar-refractivity contribution in [3.05, 3.63) is 0 Å². The lowest BCUT2D eigenvalue weighted by Gasteiger charge is -2.52. The summed E-state index contributed by atoms with van der Waals surface area (Å²) in [6.07, 6.45) is 0.860. The highest BCUT2D eigenvalue weighted by Crippen LogP contribution is 2.36. The van der Waals surface area contributed by atoms with Crippen LogP contribution in [0.4, 0.5) is 0 Å². The summed E-state index contributed by atoms with van der Waals surface area (Å²) in [6, 6.07) is 0.366. The number of rotatable bonds is 4. The number of ether oxygens (including phenoxy) is 1. The summed E-state index contributed by atoms with van der Waals surface area (Å²) in [4.78, 5) is 25.4. The zero-order valence-electron chi connectivity index (χ0n) is 12.4. The maximum absolute atomic E-state index is 12.3. The summed E-state index contributed by atoms with van der Waals surface area (Å²) in [7, 11) is 0. The van der Waals surface area contributed by atoms with Crippen molar-refractivity contribution in [2.24, 2.45) is 23.7 Å². The van der Waals surface area contributed by atoms with Gasteiger partial charge in [-0.1, -0.05) is 27.7 Å². The Hall–Kier alpha value is -1.06. The standard InChI is InChI=1S/C15H25NO3/c1-9(2)12-7-16(15(12)10(3)4)13(17)5-11-6-14(18)19-8-11/h9-12,15H,5-8H2,1-4H3/t11-,12+,15-/m1/s1. The van der Waals surface area contributed by atoms with Gasteiger partial charge in [0.1, 0.15) is 0 Å². The molecular formula is C15H25NO3. The maximum atomic E-state index is 12.3. The second-order valence-corrected chi connectivity index (χ2v) is 6.65. The van der Waals surface area contributed by atoms with Gasteiger partial charge in [0.25, 0.3) is 0 Å². The first-order valence-electron chi connectivity index (χ1n) is 7.35. The molecule has 1 amide bonds. The normalized spacial score (nSPS) is 30.7. The minimum Gasteiger partial charge on any atom is -0.465 e. The number of hydrogen-bond acceptors (Lipinski definition) is 3. The van der Waals surface area contributed by atoms with Crippen LogP contribution in [0.3, 0.4) is 0 Å². The van der Waals surface area contributed by atoms with Crippen molar-refractivity contribution in [1.29, 1.82) is 0 Å². The van der Waals surface area contributed by atoms with Gasteiger partial charge in [-0.15, -0.1) is 0 Å². The molecule has 0 aliphatic carbocycles. The van der Waals surface area contributed by atoms with Gasteiger partial charge in [0.2, 0.25) is 5.91 Å². The topological polar surface area (TPSA) is 46.6 Å². The SMILES string of the molecule is CC(C)[C@@H]1[C@H](C(C)C)CN1C(=O)C[C@H]1COC(=O)C1. The van der Waals surface area contributed by atoms with E-state index in [0.29, 0.717) is 43.2 Å². The molecule has 0 aromatic rings. The number of carbonyl (C=O) groups excluding carboxylic acids is 2. The van der Waals surface area contributed by atoms with Crippen LogP contribution in [0.25, 0.3) is 0 Å². The molecule has 0 N–H and O–H groups in total. The van der Waals surface area contributed by atoms with E-state index in [9.17, 15) is 9.59 Å². The van der Waals surface area contributed by atoms with Crippen LogP contribution < -0.4 is 0 Å². The van der Waals surface area contributed by atoms with E-state index in [-0.39, 0.29) is 17.8 Å². The van der Waals surface area contributed by atoms with Crippen molar-refractivity contribution in [2.45, 2.75) is 46.6 Å². The molecular weight excluding hydrogens is 242 g/mol. The van der Waals surface area contributed by atoms with E-state index in [1.54, 1.807) is 0 Å². The number of esters is 1. The van der Waals surface area contributed by atoms with Crippen molar-refractivity contribution < 1.29 is 14.3 Å². The van der Waals surface area contributed by atoms with Crippen LogP contribution in [-0.4, -0.2) is 36.0 Å². The Balaban J connectivity index is 1.91. The molecule has 0 unspecified atom stereocenters. The number of cyclic esters (lactones) is 1. The number of nitrogens with zero attached hydrogens (tertiary/aromatic N) is 1. The van der Waals surface area contributed by atoms with E-state index < -0.39 is 0 Å². The molecule has 0 saturated carbocycles. The Morgan fingerprint density at radius 2 is 2.00 bits per heavy atom. The Bertz CT molecular complexity index is 364. The number of hydrogen-bond donors (Lipinski definition) is 0. The first kappa shape index (κ1) is 14.4. The van der Waals surface area contributed by atoms with Crippen LogP contribution in [0.15, 0.2) is 0 Å². The molecule has 108 valence electrons. The third-order valence-electron chi connectivity index (χ3n) is 4.46. The molecule has 19 heavy (non-hydrogen) atoms. The Labute approximate surface area is 115 Å². The summed E-state index contributed by atoms with van der Waals surface area (Å²) in [6.45, 7) is 10.1. The molecule has 0 aromatic heterocycles. The van der Waals surface area contributed by atoms with Crippen molar-refractivity contribution >= 4 is 11.9 Å². The van der Waals surface area contributed by atoms with Crippen molar-refractivity contribution in [2.75, 3.05) is 13.2 Å². The van der Waals surface area contributed by atoms with Crippen molar-refractivity contribution in [3.63, 3.8) is 0 Å². The first-order chi connectivity index (χ1) is 8.90. The monoisotopic (exact) mass is 267 g/mol. The Morgan fingerprint density at radius 3 is 2.47 bits per heavy atom. The minimum absolute atomic E-state index is 0.0888. The van der Waals surface area contributed by atoms with Gasteiger partial charge in [-0.25, -0.2) is 0 Å². The second kappa shape index (κ2) is 5.51. The van der Waals surface area contributed by atoms with Crippen molar-refractivity contribution in [1.82, 2.24) is 4.90 Å². The lowest BCUT2D eigenvalue weighted by molar-refractivity contribution is -0.150. The average molecular weight is 267 g/mol. The number of carbonyl (C=O) groups is 2. The molecule has 2 saturated heterocycles. The van der Waals surface area contributed by atoms with Gasteiger partial charge in [-0.3, -0.25) is 9.59 Å². The number of likely N-dealkylation sites (tertiary alicyclic amines) is 1. The lowest BCUT2D eigenvalue weighted by Crippen LogP contribution is -2.62. The van der Waals surface area contributed by atoms with Gasteiger partial charge in [0.15, 0.2) is 0 Å². The van der Waals surface area contributed by atoms with Gasteiger partial charge >= 0.3 is 5.97 Å². The predicted octanol–water partition coefficient (Wildman–Crippen LogP) is 2.08. The molecule has 0 spiro atoms. The fraction of sp³-hybridized carbons (Fsp3) is 0.867. The Kier molecular flexibility index (Phi) is 4.16. The van der Waals surface area contributed by atoms with Crippen molar-refractivity contribution in [3.8, 4) is 0 Å². The van der Waals surface area contributed by atoms with E-state index in [0.717, 1.165) is 6.54 Å². The zero-order chi connectivity index (χ0) is 14.2. The Morgan fingerprint density at radius 1 is 1.32 bits per heavy atom. The van der Waals surface area contributed by atoms with E-state index in [1.165, 1.54) is 0 Å². The summed E-state index contributed by atoms with van der Waals surface area (Å²) in [5, 5.41) is 0. The number of amides is 1. The molecule has 3 atom stereocenters. The van der Waals surface area contributed by atoms with Gasteiger partial charge in [0, 0.05) is 24.9 Å². The molecule has 0 aromatic carbocycles. The van der Waals surface area contributed by atoms with Gasteiger partial charge in [-0.2, -0.15) is 0 Å². The van der Waals surface area contributed by atoms with E-state index >= 15 is 0 Å². The van der Waals surface area contributed by atoms with Crippen LogP contribution >= 0.6 is 0 Å². The molecule has 4 nitrogen and oxygen atoms in total. The molecule has 2 fully saturated rings. The fourth-order valence-electron chi connectivity index (χ4n) is 3.34. The van der Waals surface area contributed by atoms with Crippen LogP contribution in [-0.2, 0) is 14.3 Å². The van der Waals surface area contributed by atoms with E-state index in [4.69, 9.17) is 4.74 Å². The largest absolute Gasteiger partial charge is 0.465 e. The van der Waals surface area contributed by atoms with E-state index in [1.807, 2.05) is 4.90 Å². The molecule has 0 radical (unpaired) electrons. The van der Waals surface area contributed by atoms with Gasteiger partial charge in [0.05, 0.1) is 13.0 Å². The molecule has 4 heteroatoms.